The van der Waals surface area contributed by atoms with Gasteiger partial charge in [-0.1, -0.05) is 13.0 Å². The number of sulfonamides is 1. The summed E-state index contributed by atoms with van der Waals surface area (Å²) in [4.78, 5) is 0.288. The molecule has 1 rings (SSSR count). The molecule has 0 atom stereocenters. The largest absolute Gasteiger partial charge is 0.317 e. The van der Waals surface area contributed by atoms with E-state index < -0.39 is 10.0 Å². The number of halogens is 1. The van der Waals surface area contributed by atoms with Crippen LogP contribution in [-0.2, 0) is 10.0 Å². The van der Waals surface area contributed by atoms with Gasteiger partial charge in [0, 0.05) is 11.0 Å². The van der Waals surface area contributed by atoms with Crippen LogP contribution in [0.15, 0.2) is 27.6 Å². The van der Waals surface area contributed by atoms with Gasteiger partial charge in [-0.3, -0.25) is 0 Å². The van der Waals surface area contributed by atoms with E-state index in [9.17, 15) is 8.42 Å². The smallest absolute Gasteiger partial charge is 0.241 e. The number of rotatable bonds is 7. The lowest BCUT2D eigenvalue weighted by atomic mass is 10.2. The zero-order valence-electron chi connectivity index (χ0n) is 10.7. The second-order valence-electron chi connectivity index (χ2n) is 4.04. The maximum Gasteiger partial charge on any atom is 0.241 e. The predicted molar refractivity (Wildman–Crippen MR) is 77.2 cm³/mol. The summed E-state index contributed by atoms with van der Waals surface area (Å²) < 4.78 is 27.3. The molecule has 0 radical (unpaired) electrons. The molecule has 0 amide bonds. The van der Waals surface area contributed by atoms with Gasteiger partial charge in [-0.25, -0.2) is 13.1 Å². The van der Waals surface area contributed by atoms with Crippen molar-refractivity contribution in [1.82, 2.24) is 10.0 Å². The van der Waals surface area contributed by atoms with Crippen LogP contribution in [0.5, 0.6) is 0 Å². The third kappa shape index (κ3) is 4.68. The molecule has 18 heavy (non-hydrogen) atoms. The summed E-state index contributed by atoms with van der Waals surface area (Å²) in [6.07, 6.45) is 0.774. The van der Waals surface area contributed by atoms with Crippen molar-refractivity contribution in [3.8, 4) is 0 Å². The SMILES string of the molecule is CCNCCCNS(=O)(=O)c1ccc(C)cc1Br. The quantitative estimate of drug-likeness (QED) is 0.750. The molecule has 0 aliphatic carbocycles. The van der Waals surface area contributed by atoms with Gasteiger partial charge >= 0.3 is 0 Å². The first-order valence-electron chi connectivity index (χ1n) is 5.94. The summed E-state index contributed by atoms with van der Waals surface area (Å²) in [6.45, 7) is 6.10. The molecule has 102 valence electrons. The number of aryl methyl sites for hydroxylation is 1. The van der Waals surface area contributed by atoms with Crippen LogP contribution in [0.3, 0.4) is 0 Å². The number of hydrogen-bond acceptors (Lipinski definition) is 3. The molecule has 0 bridgehead atoms. The standard InChI is InChI=1S/C12H19BrN2O2S/c1-3-14-7-4-8-15-18(16,17)12-6-5-10(2)9-11(12)13/h5-6,9,14-15H,3-4,7-8H2,1-2H3. The summed E-state index contributed by atoms with van der Waals surface area (Å²) in [5, 5.41) is 3.15. The van der Waals surface area contributed by atoms with Gasteiger partial charge in [0.15, 0.2) is 0 Å². The van der Waals surface area contributed by atoms with E-state index >= 15 is 0 Å². The summed E-state index contributed by atoms with van der Waals surface area (Å²) in [5.74, 6) is 0. The van der Waals surface area contributed by atoms with E-state index in [1.54, 1.807) is 18.2 Å². The molecule has 0 fully saturated rings. The van der Waals surface area contributed by atoms with Gasteiger partial charge in [0.05, 0.1) is 4.90 Å². The predicted octanol–water partition coefficient (Wildman–Crippen LogP) is 2.04. The van der Waals surface area contributed by atoms with Crippen LogP contribution in [0.4, 0.5) is 0 Å². The molecule has 0 saturated heterocycles. The van der Waals surface area contributed by atoms with Crippen LogP contribution in [0.2, 0.25) is 0 Å². The first-order valence-corrected chi connectivity index (χ1v) is 8.21. The highest BCUT2D eigenvalue weighted by atomic mass is 79.9. The van der Waals surface area contributed by atoms with E-state index in [-0.39, 0.29) is 4.90 Å². The van der Waals surface area contributed by atoms with E-state index in [2.05, 4.69) is 26.0 Å². The van der Waals surface area contributed by atoms with Crippen LogP contribution in [0, 0.1) is 6.92 Å². The lowest BCUT2D eigenvalue weighted by Crippen LogP contribution is -2.27. The zero-order chi connectivity index (χ0) is 13.6. The fraction of sp³-hybridized carbons (Fsp3) is 0.500. The Morgan fingerprint density at radius 2 is 2.00 bits per heavy atom. The summed E-state index contributed by atoms with van der Waals surface area (Å²) in [7, 11) is -3.42. The van der Waals surface area contributed by atoms with Crippen molar-refractivity contribution in [1.29, 1.82) is 0 Å². The molecule has 0 unspecified atom stereocenters. The molecule has 0 aromatic heterocycles. The lowest BCUT2D eigenvalue weighted by molar-refractivity contribution is 0.575. The molecule has 4 nitrogen and oxygen atoms in total. The highest BCUT2D eigenvalue weighted by molar-refractivity contribution is 9.10. The molecule has 0 aliphatic rings. The molecule has 0 saturated carbocycles. The van der Waals surface area contributed by atoms with Crippen molar-refractivity contribution < 1.29 is 8.42 Å². The Hall–Kier alpha value is -0.430. The van der Waals surface area contributed by atoms with Gasteiger partial charge in [-0.2, -0.15) is 0 Å². The number of hydrogen-bond donors (Lipinski definition) is 2. The van der Waals surface area contributed by atoms with Gasteiger partial charge in [0.2, 0.25) is 10.0 Å². The lowest BCUT2D eigenvalue weighted by Gasteiger charge is -2.09. The summed E-state index contributed by atoms with van der Waals surface area (Å²) in [6, 6.07) is 5.21. The average molecular weight is 335 g/mol. The molecule has 0 spiro atoms. The van der Waals surface area contributed by atoms with Gasteiger partial charge in [0.1, 0.15) is 0 Å². The van der Waals surface area contributed by atoms with Crippen molar-refractivity contribution >= 4 is 26.0 Å². The topological polar surface area (TPSA) is 58.2 Å². The average Bonchev–Trinajstić information content (AvgIpc) is 2.28. The van der Waals surface area contributed by atoms with Crippen LogP contribution < -0.4 is 10.0 Å². The molecule has 6 heteroatoms. The Labute approximate surface area is 117 Å². The van der Waals surface area contributed by atoms with Gasteiger partial charge in [0.25, 0.3) is 0 Å². The zero-order valence-corrected chi connectivity index (χ0v) is 13.1. The minimum atomic E-state index is -3.42. The van der Waals surface area contributed by atoms with Crippen LogP contribution in [-0.4, -0.2) is 28.1 Å². The summed E-state index contributed by atoms with van der Waals surface area (Å²) >= 11 is 3.29. The Morgan fingerprint density at radius 1 is 1.28 bits per heavy atom. The molecule has 0 heterocycles. The Balaban J connectivity index is 2.63. The molecular weight excluding hydrogens is 316 g/mol. The first-order chi connectivity index (χ1) is 8.47. The Bertz CT molecular complexity index is 489. The maximum absolute atomic E-state index is 12.0. The number of benzene rings is 1. The van der Waals surface area contributed by atoms with E-state index in [4.69, 9.17) is 0 Å². The van der Waals surface area contributed by atoms with Crippen molar-refractivity contribution in [3.05, 3.63) is 28.2 Å². The van der Waals surface area contributed by atoms with Crippen molar-refractivity contribution in [2.24, 2.45) is 0 Å². The van der Waals surface area contributed by atoms with Crippen molar-refractivity contribution in [2.45, 2.75) is 25.2 Å². The molecule has 0 aliphatic heterocycles. The second kappa shape index (κ2) is 7.23. The van der Waals surface area contributed by atoms with Gasteiger partial charge < -0.3 is 5.32 Å². The minimum absolute atomic E-state index is 0.288. The third-order valence-corrected chi connectivity index (χ3v) is 4.89. The second-order valence-corrected chi connectivity index (χ2v) is 6.63. The highest BCUT2D eigenvalue weighted by Crippen LogP contribution is 2.22. The van der Waals surface area contributed by atoms with Gasteiger partial charge in [-0.05, 0) is 60.1 Å². The van der Waals surface area contributed by atoms with Crippen molar-refractivity contribution in [2.75, 3.05) is 19.6 Å². The van der Waals surface area contributed by atoms with Crippen LogP contribution >= 0.6 is 15.9 Å². The van der Waals surface area contributed by atoms with E-state index in [1.807, 2.05) is 13.8 Å². The molecule has 1 aromatic carbocycles. The van der Waals surface area contributed by atoms with E-state index in [0.717, 1.165) is 25.1 Å². The summed E-state index contributed by atoms with van der Waals surface area (Å²) in [5.41, 5.74) is 1.02. The maximum atomic E-state index is 12.0. The van der Waals surface area contributed by atoms with Crippen LogP contribution in [0.25, 0.3) is 0 Å². The minimum Gasteiger partial charge on any atom is -0.317 e. The molecular formula is C12H19BrN2O2S. The Morgan fingerprint density at radius 3 is 2.61 bits per heavy atom. The first kappa shape index (κ1) is 15.6. The Kier molecular flexibility index (Phi) is 6.28. The third-order valence-electron chi connectivity index (χ3n) is 2.45. The number of nitrogens with one attached hydrogen (secondary N) is 2. The monoisotopic (exact) mass is 334 g/mol. The van der Waals surface area contributed by atoms with Crippen LogP contribution in [0.1, 0.15) is 18.9 Å². The van der Waals surface area contributed by atoms with Crippen molar-refractivity contribution in [3.63, 3.8) is 0 Å². The van der Waals surface area contributed by atoms with E-state index in [0.29, 0.717) is 11.0 Å². The van der Waals surface area contributed by atoms with Gasteiger partial charge in [-0.15, -0.1) is 0 Å². The molecule has 2 N–H and O–H groups in total. The molecule has 1 aromatic rings. The normalized spacial score (nSPS) is 11.7. The fourth-order valence-electron chi connectivity index (χ4n) is 1.50. The fourth-order valence-corrected chi connectivity index (χ4v) is 3.76. The van der Waals surface area contributed by atoms with E-state index in [1.165, 1.54) is 0 Å². The highest BCUT2D eigenvalue weighted by Gasteiger charge is 2.16.